The quantitative estimate of drug-likeness (QED) is 0.735. The van der Waals surface area contributed by atoms with Crippen LogP contribution in [0, 0.1) is 5.92 Å². The van der Waals surface area contributed by atoms with Crippen LogP contribution in [-0.4, -0.2) is 16.3 Å². The van der Waals surface area contributed by atoms with Gasteiger partial charge in [-0.3, -0.25) is 0 Å². The van der Waals surface area contributed by atoms with Gasteiger partial charge >= 0.3 is 0 Å². The molecule has 1 aliphatic carbocycles. The molecule has 0 radical (unpaired) electrons. The van der Waals surface area contributed by atoms with E-state index in [1.807, 2.05) is 6.92 Å². The summed E-state index contributed by atoms with van der Waals surface area (Å²) < 4.78 is 0. The third-order valence-electron chi connectivity index (χ3n) is 3.34. The highest BCUT2D eigenvalue weighted by molar-refractivity contribution is 5.40. The van der Waals surface area contributed by atoms with E-state index in [0.29, 0.717) is 6.04 Å². The molecule has 0 spiro atoms. The first-order valence-electron chi connectivity index (χ1n) is 5.84. The van der Waals surface area contributed by atoms with Gasteiger partial charge in [-0.1, -0.05) is 13.0 Å². The summed E-state index contributed by atoms with van der Waals surface area (Å²) in [6.45, 7) is 4.29. The molecule has 3 N–H and O–H groups in total. The lowest BCUT2D eigenvalue weighted by Gasteiger charge is -2.35. The zero-order valence-electron chi connectivity index (χ0n) is 9.77. The molecule has 1 aromatic rings. The van der Waals surface area contributed by atoms with Crippen molar-refractivity contribution in [3.05, 3.63) is 23.8 Å². The average Bonchev–Trinajstić information content (AvgIpc) is 2.15. The summed E-state index contributed by atoms with van der Waals surface area (Å²) in [7, 11) is 0. The van der Waals surface area contributed by atoms with Crippen molar-refractivity contribution in [2.24, 2.45) is 5.92 Å². The molecule has 0 aromatic heterocycles. The van der Waals surface area contributed by atoms with Crippen molar-refractivity contribution in [3.63, 3.8) is 0 Å². The second kappa shape index (κ2) is 4.34. The van der Waals surface area contributed by atoms with E-state index in [9.17, 15) is 10.2 Å². The van der Waals surface area contributed by atoms with Crippen LogP contribution in [0.15, 0.2) is 18.2 Å². The molecule has 0 aliphatic heterocycles. The van der Waals surface area contributed by atoms with Gasteiger partial charge in [-0.2, -0.15) is 0 Å². The Balaban J connectivity index is 2.00. The van der Waals surface area contributed by atoms with E-state index >= 15 is 0 Å². The number of nitrogens with one attached hydrogen (secondary N) is 1. The molecule has 0 saturated heterocycles. The lowest BCUT2D eigenvalue weighted by molar-refractivity contribution is 0.225. The largest absolute Gasteiger partial charge is 0.508 e. The molecule has 3 nitrogen and oxygen atoms in total. The first-order chi connectivity index (χ1) is 7.56. The number of phenols is 2. The summed E-state index contributed by atoms with van der Waals surface area (Å²) in [6.07, 6.45) is 2.42. The van der Waals surface area contributed by atoms with Crippen molar-refractivity contribution in [2.45, 2.75) is 38.8 Å². The van der Waals surface area contributed by atoms with Crippen LogP contribution in [0.2, 0.25) is 0 Å². The van der Waals surface area contributed by atoms with E-state index in [1.54, 1.807) is 12.1 Å². The Morgan fingerprint density at radius 2 is 2.00 bits per heavy atom. The van der Waals surface area contributed by atoms with Gasteiger partial charge in [0, 0.05) is 23.7 Å². The molecule has 88 valence electrons. The van der Waals surface area contributed by atoms with Crippen LogP contribution in [0.1, 0.15) is 38.3 Å². The van der Waals surface area contributed by atoms with Crippen molar-refractivity contribution in [3.8, 4) is 11.5 Å². The Morgan fingerprint density at radius 3 is 2.56 bits per heavy atom. The third-order valence-corrected chi connectivity index (χ3v) is 3.34. The van der Waals surface area contributed by atoms with Crippen LogP contribution in [0.5, 0.6) is 11.5 Å². The van der Waals surface area contributed by atoms with Crippen LogP contribution in [-0.2, 0) is 0 Å². The van der Waals surface area contributed by atoms with Gasteiger partial charge in [0.1, 0.15) is 11.5 Å². The second-order valence-electron chi connectivity index (χ2n) is 4.90. The predicted molar refractivity (Wildman–Crippen MR) is 63.5 cm³/mol. The molecule has 3 heteroatoms. The molecular formula is C13H19NO2. The minimum atomic E-state index is 0.103. The Hall–Kier alpha value is -1.22. The predicted octanol–water partition coefficient (Wildman–Crippen LogP) is 2.55. The van der Waals surface area contributed by atoms with Crippen molar-refractivity contribution in [1.29, 1.82) is 0 Å². The molecule has 16 heavy (non-hydrogen) atoms. The van der Waals surface area contributed by atoms with Crippen molar-refractivity contribution >= 4 is 0 Å². The van der Waals surface area contributed by atoms with E-state index < -0.39 is 0 Å². The SMILES string of the molecule is CC1CC(NC(C)c2ccc(O)cc2O)C1. The third kappa shape index (κ3) is 2.30. The fraction of sp³-hybridized carbons (Fsp3) is 0.538. The normalized spacial score (nSPS) is 26.1. The highest BCUT2D eigenvalue weighted by Crippen LogP contribution is 2.32. The molecule has 1 fully saturated rings. The molecule has 2 rings (SSSR count). The molecular weight excluding hydrogens is 202 g/mol. The number of hydrogen-bond donors (Lipinski definition) is 3. The smallest absolute Gasteiger partial charge is 0.124 e. The maximum Gasteiger partial charge on any atom is 0.124 e. The first kappa shape index (κ1) is 11.3. The summed E-state index contributed by atoms with van der Waals surface area (Å²) in [4.78, 5) is 0. The average molecular weight is 221 g/mol. The van der Waals surface area contributed by atoms with Gasteiger partial charge in [0.15, 0.2) is 0 Å². The van der Waals surface area contributed by atoms with E-state index in [1.165, 1.54) is 18.9 Å². The molecule has 1 atom stereocenters. The van der Waals surface area contributed by atoms with Gasteiger partial charge in [0.25, 0.3) is 0 Å². The summed E-state index contributed by atoms with van der Waals surface area (Å²) in [5, 5.41) is 22.4. The molecule has 0 bridgehead atoms. The van der Waals surface area contributed by atoms with Gasteiger partial charge < -0.3 is 15.5 Å². The zero-order valence-corrected chi connectivity index (χ0v) is 9.77. The summed E-state index contributed by atoms with van der Waals surface area (Å²) in [6, 6.07) is 5.45. The van der Waals surface area contributed by atoms with E-state index in [-0.39, 0.29) is 17.5 Å². The second-order valence-corrected chi connectivity index (χ2v) is 4.90. The van der Waals surface area contributed by atoms with Gasteiger partial charge in [0.2, 0.25) is 0 Å². The van der Waals surface area contributed by atoms with Crippen LogP contribution >= 0.6 is 0 Å². The molecule has 1 aromatic carbocycles. The number of benzene rings is 1. The first-order valence-corrected chi connectivity index (χ1v) is 5.84. The van der Waals surface area contributed by atoms with Gasteiger partial charge in [-0.15, -0.1) is 0 Å². The number of hydrogen-bond acceptors (Lipinski definition) is 3. The molecule has 1 saturated carbocycles. The topological polar surface area (TPSA) is 52.5 Å². The summed E-state index contributed by atoms with van der Waals surface area (Å²) in [5.41, 5.74) is 0.845. The maximum absolute atomic E-state index is 9.72. The number of phenolic OH excluding ortho intramolecular Hbond substituents is 2. The highest BCUT2D eigenvalue weighted by atomic mass is 16.3. The van der Waals surface area contributed by atoms with E-state index in [4.69, 9.17) is 0 Å². The lowest BCUT2D eigenvalue weighted by Crippen LogP contribution is -2.41. The highest BCUT2D eigenvalue weighted by Gasteiger charge is 2.26. The molecule has 1 aliphatic rings. The molecule has 0 heterocycles. The Kier molecular flexibility index (Phi) is 3.06. The number of aromatic hydroxyl groups is 2. The zero-order chi connectivity index (χ0) is 11.7. The lowest BCUT2D eigenvalue weighted by atomic mass is 9.81. The van der Waals surface area contributed by atoms with Crippen LogP contribution in [0.25, 0.3) is 0 Å². The molecule has 0 amide bonds. The van der Waals surface area contributed by atoms with E-state index in [0.717, 1.165) is 11.5 Å². The summed E-state index contributed by atoms with van der Waals surface area (Å²) >= 11 is 0. The van der Waals surface area contributed by atoms with Gasteiger partial charge in [-0.05, 0) is 31.7 Å². The Labute approximate surface area is 96.1 Å². The maximum atomic E-state index is 9.72. The minimum absolute atomic E-state index is 0.103. The van der Waals surface area contributed by atoms with Crippen LogP contribution < -0.4 is 5.32 Å². The monoisotopic (exact) mass is 221 g/mol. The Morgan fingerprint density at radius 1 is 1.31 bits per heavy atom. The minimum Gasteiger partial charge on any atom is -0.508 e. The molecule has 1 unspecified atom stereocenters. The van der Waals surface area contributed by atoms with Crippen LogP contribution in [0.3, 0.4) is 0 Å². The fourth-order valence-electron chi connectivity index (χ4n) is 2.38. The van der Waals surface area contributed by atoms with E-state index in [2.05, 4.69) is 12.2 Å². The van der Waals surface area contributed by atoms with Crippen molar-refractivity contribution in [2.75, 3.05) is 0 Å². The standard InChI is InChI=1S/C13H19NO2/c1-8-5-10(6-8)14-9(2)12-4-3-11(15)7-13(12)16/h3-4,7-10,14-16H,5-6H2,1-2H3. The fourth-order valence-corrected chi connectivity index (χ4v) is 2.38. The Bertz CT molecular complexity index is 372. The van der Waals surface area contributed by atoms with Crippen molar-refractivity contribution in [1.82, 2.24) is 5.32 Å². The van der Waals surface area contributed by atoms with Gasteiger partial charge in [-0.25, -0.2) is 0 Å². The van der Waals surface area contributed by atoms with Crippen LogP contribution in [0.4, 0.5) is 0 Å². The summed E-state index contributed by atoms with van der Waals surface area (Å²) in [5.74, 6) is 1.08. The van der Waals surface area contributed by atoms with Gasteiger partial charge in [0.05, 0.1) is 0 Å². The van der Waals surface area contributed by atoms with Crippen molar-refractivity contribution < 1.29 is 10.2 Å². The number of rotatable bonds is 3.